The van der Waals surface area contributed by atoms with Crippen LogP contribution in [0.5, 0.6) is 5.75 Å². The van der Waals surface area contributed by atoms with Crippen LogP contribution in [0.1, 0.15) is 24.5 Å². The summed E-state index contributed by atoms with van der Waals surface area (Å²) in [6.45, 7) is 6.37. The van der Waals surface area contributed by atoms with Gasteiger partial charge in [-0.15, -0.1) is 0 Å². The van der Waals surface area contributed by atoms with E-state index in [1.165, 1.54) is 0 Å². The quantitative estimate of drug-likeness (QED) is 0.816. The predicted octanol–water partition coefficient (Wildman–Crippen LogP) is 2.83. The van der Waals surface area contributed by atoms with Crippen molar-refractivity contribution in [3.8, 4) is 5.75 Å². The minimum absolute atomic E-state index is 0.322. The van der Waals surface area contributed by atoms with Crippen LogP contribution in [0, 0.1) is 19.8 Å². The average Bonchev–Trinajstić information content (AvgIpc) is 2.32. The smallest absolute Gasteiger partial charge is 0.306 e. The van der Waals surface area contributed by atoms with Crippen LogP contribution in [-0.2, 0) is 4.79 Å². The van der Waals surface area contributed by atoms with E-state index in [9.17, 15) is 4.79 Å². The summed E-state index contributed by atoms with van der Waals surface area (Å²) in [5.74, 6) is -0.200. The van der Waals surface area contributed by atoms with Gasteiger partial charge in [-0.05, 0) is 43.5 Å². The molecule has 1 aromatic carbocycles. The zero-order valence-electron chi connectivity index (χ0n) is 11.4. The van der Waals surface area contributed by atoms with E-state index in [1.54, 1.807) is 14.0 Å². The molecule has 0 radical (unpaired) electrons. The number of rotatable bonds is 6. The standard InChI is InChI=1S/C14H21NO3/c1-9(14(16)17)5-6-15-12-7-11(3)13(18-4)8-10(12)2/h7-9,15H,5-6H2,1-4H3,(H,16,17). The average molecular weight is 251 g/mol. The Morgan fingerprint density at radius 3 is 2.61 bits per heavy atom. The fourth-order valence-corrected chi connectivity index (χ4v) is 1.75. The highest BCUT2D eigenvalue weighted by Gasteiger charge is 2.10. The molecular weight excluding hydrogens is 230 g/mol. The first-order valence-corrected chi connectivity index (χ1v) is 6.07. The number of anilines is 1. The van der Waals surface area contributed by atoms with Crippen molar-refractivity contribution >= 4 is 11.7 Å². The Labute approximate surface area is 108 Å². The number of aryl methyl sites for hydroxylation is 2. The van der Waals surface area contributed by atoms with Crippen molar-refractivity contribution in [2.75, 3.05) is 19.0 Å². The molecule has 0 heterocycles. The summed E-state index contributed by atoms with van der Waals surface area (Å²) < 4.78 is 5.25. The van der Waals surface area contributed by atoms with Gasteiger partial charge in [0, 0.05) is 12.2 Å². The highest BCUT2D eigenvalue weighted by atomic mass is 16.5. The van der Waals surface area contributed by atoms with Crippen LogP contribution in [0.2, 0.25) is 0 Å². The number of aliphatic carboxylic acids is 1. The molecule has 0 aliphatic carbocycles. The maximum atomic E-state index is 10.7. The van der Waals surface area contributed by atoms with Gasteiger partial charge >= 0.3 is 5.97 Å². The third-order valence-electron chi connectivity index (χ3n) is 3.06. The Morgan fingerprint density at radius 2 is 2.06 bits per heavy atom. The van der Waals surface area contributed by atoms with Gasteiger partial charge in [0.25, 0.3) is 0 Å². The van der Waals surface area contributed by atoms with E-state index in [0.717, 1.165) is 22.6 Å². The number of hydrogen-bond donors (Lipinski definition) is 2. The topological polar surface area (TPSA) is 58.6 Å². The second-order valence-corrected chi connectivity index (χ2v) is 4.59. The lowest BCUT2D eigenvalue weighted by Gasteiger charge is -2.14. The highest BCUT2D eigenvalue weighted by molar-refractivity contribution is 5.69. The Balaban J connectivity index is 2.63. The minimum atomic E-state index is -0.751. The van der Waals surface area contributed by atoms with Gasteiger partial charge < -0.3 is 15.2 Å². The van der Waals surface area contributed by atoms with Crippen LogP contribution in [0.3, 0.4) is 0 Å². The van der Waals surface area contributed by atoms with Crippen molar-refractivity contribution in [1.29, 1.82) is 0 Å². The first kappa shape index (κ1) is 14.4. The number of carboxylic acids is 1. The Bertz CT molecular complexity index is 429. The maximum absolute atomic E-state index is 10.7. The van der Waals surface area contributed by atoms with Gasteiger partial charge in [0.2, 0.25) is 0 Å². The fourth-order valence-electron chi connectivity index (χ4n) is 1.75. The molecule has 4 nitrogen and oxygen atoms in total. The summed E-state index contributed by atoms with van der Waals surface area (Å²) in [5, 5.41) is 12.1. The Morgan fingerprint density at radius 1 is 1.39 bits per heavy atom. The second kappa shape index (κ2) is 6.28. The molecule has 18 heavy (non-hydrogen) atoms. The summed E-state index contributed by atoms with van der Waals surface area (Å²) in [7, 11) is 1.66. The molecule has 0 aliphatic heterocycles. The second-order valence-electron chi connectivity index (χ2n) is 4.59. The lowest BCUT2D eigenvalue weighted by Crippen LogP contribution is -2.14. The molecule has 0 spiro atoms. The van der Waals surface area contributed by atoms with Crippen LogP contribution >= 0.6 is 0 Å². The summed E-state index contributed by atoms with van der Waals surface area (Å²) in [5.41, 5.74) is 3.20. The molecule has 0 aromatic heterocycles. The molecule has 0 bridgehead atoms. The van der Waals surface area contributed by atoms with Crippen LogP contribution < -0.4 is 10.1 Å². The van der Waals surface area contributed by atoms with Crippen molar-refractivity contribution in [3.05, 3.63) is 23.3 Å². The number of carboxylic acid groups (broad SMARTS) is 1. The molecule has 1 unspecified atom stereocenters. The molecule has 2 N–H and O–H groups in total. The van der Waals surface area contributed by atoms with E-state index >= 15 is 0 Å². The molecule has 1 atom stereocenters. The van der Waals surface area contributed by atoms with Crippen molar-refractivity contribution in [1.82, 2.24) is 0 Å². The predicted molar refractivity (Wildman–Crippen MR) is 72.4 cm³/mol. The van der Waals surface area contributed by atoms with Crippen molar-refractivity contribution in [2.45, 2.75) is 27.2 Å². The van der Waals surface area contributed by atoms with Gasteiger partial charge in [0.15, 0.2) is 0 Å². The lowest BCUT2D eigenvalue weighted by atomic mass is 10.1. The van der Waals surface area contributed by atoms with Crippen molar-refractivity contribution in [3.63, 3.8) is 0 Å². The molecule has 0 saturated carbocycles. The lowest BCUT2D eigenvalue weighted by molar-refractivity contribution is -0.141. The summed E-state index contributed by atoms with van der Waals surface area (Å²) in [6, 6.07) is 4.01. The number of benzene rings is 1. The van der Waals surface area contributed by atoms with Gasteiger partial charge in [-0.2, -0.15) is 0 Å². The number of ether oxygens (including phenoxy) is 1. The van der Waals surface area contributed by atoms with E-state index in [4.69, 9.17) is 9.84 Å². The molecule has 0 fully saturated rings. The number of hydrogen-bond acceptors (Lipinski definition) is 3. The molecular formula is C14H21NO3. The molecule has 0 saturated heterocycles. The Hall–Kier alpha value is -1.71. The zero-order valence-corrected chi connectivity index (χ0v) is 11.4. The highest BCUT2D eigenvalue weighted by Crippen LogP contribution is 2.25. The van der Waals surface area contributed by atoms with Crippen LogP contribution in [-0.4, -0.2) is 24.7 Å². The van der Waals surface area contributed by atoms with Crippen LogP contribution in [0.15, 0.2) is 12.1 Å². The molecule has 100 valence electrons. The third kappa shape index (κ3) is 3.65. The number of nitrogens with one attached hydrogen (secondary N) is 1. The van der Waals surface area contributed by atoms with Gasteiger partial charge in [0.05, 0.1) is 13.0 Å². The third-order valence-corrected chi connectivity index (χ3v) is 3.06. The normalized spacial score (nSPS) is 12.0. The van der Waals surface area contributed by atoms with Crippen molar-refractivity contribution < 1.29 is 14.6 Å². The van der Waals surface area contributed by atoms with Gasteiger partial charge in [-0.1, -0.05) is 6.92 Å². The molecule has 0 aliphatic rings. The van der Waals surface area contributed by atoms with Gasteiger partial charge in [-0.3, -0.25) is 4.79 Å². The van der Waals surface area contributed by atoms with Crippen molar-refractivity contribution in [2.24, 2.45) is 5.92 Å². The SMILES string of the molecule is COc1cc(C)c(NCCC(C)C(=O)O)cc1C. The summed E-state index contributed by atoms with van der Waals surface area (Å²) in [6.07, 6.45) is 0.611. The molecule has 1 aromatic rings. The van der Waals surface area contributed by atoms with Gasteiger partial charge in [-0.25, -0.2) is 0 Å². The van der Waals surface area contributed by atoms with E-state index < -0.39 is 5.97 Å². The monoisotopic (exact) mass is 251 g/mol. The van der Waals surface area contributed by atoms with E-state index in [0.29, 0.717) is 13.0 Å². The fraction of sp³-hybridized carbons (Fsp3) is 0.500. The molecule has 1 rings (SSSR count). The number of carbonyl (C=O) groups is 1. The maximum Gasteiger partial charge on any atom is 0.306 e. The molecule has 0 amide bonds. The van der Waals surface area contributed by atoms with E-state index in [2.05, 4.69) is 5.32 Å². The zero-order chi connectivity index (χ0) is 13.7. The largest absolute Gasteiger partial charge is 0.496 e. The summed E-state index contributed by atoms with van der Waals surface area (Å²) in [4.78, 5) is 10.7. The van der Waals surface area contributed by atoms with Crippen LogP contribution in [0.25, 0.3) is 0 Å². The first-order chi connectivity index (χ1) is 8.45. The first-order valence-electron chi connectivity index (χ1n) is 6.07. The van der Waals surface area contributed by atoms with Crippen LogP contribution in [0.4, 0.5) is 5.69 Å². The summed E-state index contributed by atoms with van der Waals surface area (Å²) >= 11 is 0. The minimum Gasteiger partial charge on any atom is -0.496 e. The van der Waals surface area contributed by atoms with E-state index in [1.807, 2.05) is 26.0 Å². The van der Waals surface area contributed by atoms with E-state index in [-0.39, 0.29) is 5.92 Å². The Kier molecular flexibility index (Phi) is 5.01. The molecule has 4 heteroatoms. The number of methoxy groups -OCH3 is 1. The van der Waals surface area contributed by atoms with Gasteiger partial charge in [0.1, 0.15) is 5.75 Å².